The minimum atomic E-state index is -0.254. The Morgan fingerprint density at radius 2 is 2.15 bits per heavy atom. The number of nitrogens with zero attached hydrogens (tertiary/aromatic N) is 2. The molecule has 1 heterocycles. The van der Waals surface area contributed by atoms with Crippen molar-refractivity contribution >= 4 is 34.9 Å². The molecule has 0 atom stereocenters. The molecule has 0 radical (unpaired) electrons. The Bertz CT molecular complexity index is 646. The second-order valence-electron chi connectivity index (χ2n) is 3.64. The highest BCUT2D eigenvalue weighted by molar-refractivity contribution is 8.02. The van der Waals surface area contributed by atoms with Gasteiger partial charge in [0.05, 0.1) is 6.54 Å². The molecular formula is C13H12FN3S3. The summed E-state index contributed by atoms with van der Waals surface area (Å²) in [5.41, 5.74) is 6.56. The Balaban J connectivity index is 2.02. The van der Waals surface area contributed by atoms with Crippen LogP contribution in [0.2, 0.25) is 0 Å². The molecule has 2 aromatic rings. The highest BCUT2D eigenvalue weighted by Gasteiger charge is 2.07. The summed E-state index contributed by atoms with van der Waals surface area (Å²) < 4.78 is 15.7. The molecule has 1 aromatic carbocycles. The lowest BCUT2D eigenvalue weighted by Crippen LogP contribution is -1.93. The molecule has 0 aliphatic rings. The molecule has 2 N–H and O–H groups in total. The summed E-state index contributed by atoms with van der Waals surface area (Å²) >= 11 is 4.56. The topological polar surface area (TPSA) is 51.8 Å². The van der Waals surface area contributed by atoms with Gasteiger partial charge in [-0.15, -0.1) is 10.2 Å². The molecule has 0 aliphatic carbocycles. The van der Waals surface area contributed by atoms with Gasteiger partial charge in [0.15, 0.2) is 8.68 Å². The maximum Gasteiger partial charge on any atom is 0.175 e. The highest BCUT2D eigenvalue weighted by Crippen LogP contribution is 2.30. The second-order valence-corrected chi connectivity index (χ2v) is 6.89. The zero-order valence-corrected chi connectivity index (χ0v) is 13.2. The van der Waals surface area contributed by atoms with E-state index in [1.54, 1.807) is 23.9 Å². The average Bonchev–Trinajstić information content (AvgIpc) is 2.92. The predicted octanol–water partition coefficient (Wildman–Crippen LogP) is 3.00. The third-order valence-electron chi connectivity index (χ3n) is 2.30. The molecule has 20 heavy (non-hydrogen) atoms. The third-order valence-corrected chi connectivity index (χ3v) is 5.38. The van der Waals surface area contributed by atoms with Crippen LogP contribution in [-0.2, 0) is 5.75 Å². The number of rotatable bonds is 4. The SMILES string of the molecule is CSc1nnc(SCc2ccc(C#CCN)cc2F)s1. The molecule has 0 unspecified atom stereocenters. The van der Waals surface area contributed by atoms with Crippen molar-refractivity contribution in [1.82, 2.24) is 10.2 Å². The van der Waals surface area contributed by atoms with E-state index in [1.807, 2.05) is 6.26 Å². The molecular weight excluding hydrogens is 313 g/mol. The van der Waals surface area contributed by atoms with E-state index in [0.717, 1.165) is 8.68 Å². The van der Waals surface area contributed by atoms with Gasteiger partial charge in [-0.05, 0) is 24.0 Å². The molecule has 7 heteroatoms. The second kappa shape index (κ2) is 7.64. The fourth-order valence-electron chi connectivity index (χ4n) is 1.37. The Labute approximate surface area is 129 Å². The smallest absolute Gasteiger partial charge is 0.175 e. The van der Waals surface area contributed by atoms with Crippen molar-refractivity contribution in [2.45, 2.75) is 14.4 Å². The van der Waals surface area contributed by atoms with Gasteiger partial charge in [0.25, 0.3) is 0 Å². The zero-order chi connectivity index (χ0) is 14.4. The summed E-state index contributed by atoms with van der Waals surface area (Å²) in [6.45, 7) is 0.272. The Kier molecular flexibility index (Phi) is 5.86. The Hall–Kier alpha value is -1.07. The maximum absolute atomic E-state index is 13.9. The number of halogens is 1. The number of hydrogen-bond acceptors (Lipinski definition) is 6. The minimum absolute atomic E-state index is 0.254. The van der Waals surface area contributed by atoms with Crippen molar-refractivity contribution in [2.75, 3.05) is 12.8 Å². The molecule has 0 bridgehead atoms. The van der Waals surface area contributed by atoms with Crippen LogP contribution in [-0.4, -0.2) is 23.0 Å². The third kappa shape index (κ3) is 4.21. The van der Waals surface area contributed by atoms with Gasteiger partial charge in [0, 0.05) is 11.3 Å². The van der Waals surface area contributed by atoms with Gasteiger partial charge < -0.3 is 5.73 Å². The molecule has 2 rings (SSSR count). The summed E-state index contributed by atoms with van der Waals surface area (Å²) in [6.07, 6.45) is 1.95. The molecule has 0 saturated heterocycles. The average molecular weight is 325 g/mol. The van der Waals surface area contributed by atoms with Gasteiger partial charge in [0.1, 0.15) is 5.82 Å². The number of thioether (sulfide) groups is 2. The Morgan fingerprint density at radius 1 is 1.35 bits per heavy atom. The van der Waals surface area contributed by atoms with Gasteiger partial charge in [-0.25, -0.2) is 4.39 Å². The molecule has 0 saturated carbocycles. The van der Waals surface area contributed by atoms with Crippen LogP contribution >= 0.6 is 34.9 Å². The van der Waals surface area contributed by atoms with E-state index in [9.17, 15) is 4.39 Å². The van der Waals surface area contributed by atoms with Crippen LogP contribution < -0.4 is 5.73 Å². The van der Waals surface area contributed by atoms with Crippen molar-refractivity contribution < 1.29 is 4.39 Å². The normalized spacial score (nSPS) is 10.2. The standard InChI is InChI=1S/C13H12FN3S3/c1-18-12-16-17-13(20-12)19-8-10-5-4-9(3-2-6-15)7-11(10)14/h4-5,7H,6,8,15H2,1H3. The number of hydrogen-bond donors (Lipinski definition) is 1. The van der Waals surface area contributed by atoms with Crippen molar-refractivity contribution in [3.8, 4) is 11.8 Å². The van der Waals surface area contributed by atoms with Gasteiger partial charge in [-0.3, -0.25) is 0 Å². The molecule has 0 spiro atoms. The quantitative estimate of drug-likeness (QED) is 0.692. The summed E-state index contributed by atoms with van der Waals surface area (Å²) in [6, 6.07) is 4.99. The Morgan fingerprint density at radius 3 is 2.80 bits per heavy atom. The van der Waals surface area contributed by atoms with Crippen molar-refractivity contribution in [2.24, 2.45) is 5.73 Å². The predicted molar refractivity (Wildman–Crippen MR) is 83.6 cm³/mol. The van der Waals surface area contributed by atoms with E-state index >= 15 is 0 Å². The van der Waals surface area contributed by atoms with Crippen molar-refractivity contribution in [3.63, 3.8) is 0 Å². The highest BCUT2D eigenvalue weighted by atomic mass is 32.2. The fourth-order valence-corrected chi connectivity index (χ4v) is 3.80. The van der Waals surface area contributed by atoms with Crippen LogP contribution in [0.1, 0.15) is 11.1 Å². The van der Waals surface area contributed by atoms with E-state index in [2.05, 4.69) is 22.0 Å². The first-order valence-corrected chi connectivity index (χ1v) is 8.73. The van der Waals surface area contributed by atoms with E-state index in [4.69, 9.17) is 5.73 Å². The van der Waals surface area contributed by atoms with Gasteiger partial charge in [-0.1, -0.05) is 52.8 Å². The summed E-state index contributed by atoms with van der Waals surface area (Å²) in [7, 11) is 0. The van der Waals surface area contributed by atoms with E-state index in [1.165, 1.54) is 29.2 Å². The first-order chi connectivity index (χ1) is 9.72. The molecule has 0 amide bonds. The molecule has 0 fully saturated rings. The van der Waals surface area contributed by atoms with Crippen LogP contribution in [0.15, 0.2) is 26.9 Å². The number of nitrogens with two attached hydrogens (primary N) is 1. The molecule has 1 aromatic heterocycles. The first-order valence-electron chi connectivity index (χ1n) is 5.70. The van der Waals surface area contributed by atoms with Crippen LogP contribution in [0.3, 0.4) is 0 Å². The zero-order valence-electron chi connectivity index (χ0n) is 10.7. The van der Waals surface area contributed by atoms with Crippen LogP contribution in [0, 0.1) is 17.7 Å². The lowest BCUT2D eigenvalue weighted by Gasteiger charge is -2.01. The number of benzene rings is 1. The molecule has 0 aliphatic heterocycles. The van der Waals surface area contributed by atoms with Crippen molar-refractivity contribution in [3.05, 3.63) is 35.1 Å². The lowest BCUT2D eigenvalue weighted by atomic mass is 10.1. The lowest BCUT2D eigenvalue weighted by molar-refractivity contribution is 0.617. The maximum atomic E-state index is 13.9. The molecule has 104 valence electrons. The van der Waals surface area contributed by atoms with Crippen LogP contribution in [0.25, 0.3) is 0 Å². The van der Waals surface area contributed by atoms with Crippen LogP contribution in [0.5, 0.6) is 0 Å². The van der Waals surface area contributed by atoms with E-state index in [-0.39, 0.29) is 12.4 Å². The van der Waals surface area contributed by atoms with Gasteiger partial charge >= 0.3 is 0 Å². The largest absolute Gasteiger partial charge is 0.320 e. The summed E-state index contributed by atoms with van der Waals surface area (Å²) in [5, 5.41) is 8.05. The molecule has 3 nitrogen and oxygen atoms in total. The van der Waals surface area contributed by atoms with Gasteiger partial charge in [0.2, 0.25) is 0 Å². The summed E-state index contributed by atoms with van der Waals surface area (Å²) in [4.78, 5) is 0. The van der Waals surface area contributed by atoms with Crippen molar-refractivity contribution in [1.29, 1.82) is 0 Å². The monoisotopic (exact) mass is 325 g/mol. The van der Waals surface area contributed by atoms with E-state index < -0.39 is 0 Å². The van der Waals surface area contributed by atoms with Crippen LogP contribution in [0.4, 0.5) is 4.39 Å². The van der Waals surface area contributed by atoms with E-state index in [0.29, 0.717) is 16.9 Å². The fraction of sp³-hybridized carbons (Fsp3) is 0.231. The first kappa shape index (κ1) is 15.3. The van der Waals surface area contributed by atoms with Gasteiger partial charge in [-0.2, -0.15) is 0 Å². The number of aromatic nitrogens is 2. The minimum Gasteiger partial charge on any atom is -0.320 e. The summed E-state index contributed by atoms with van der Waals surface area (Å²) in [5.74, 6) is 5.79.